The number of rotatable bonds is 3. The van der Waals surface area contributed by atoms with E-state index in [1.54, 1.807) is 0 Å². The van der Waals surface area contributed by atoms with Crippen molar-refractivity contribution in [3.63, 3.8) is 0 Å². The minimum atomic E-state index is 0.463. The molecule has 17 heavy (non-hydrogen) atoms. The van der Waals surface area contributed by atoms with Crippen molar-refractivity contribution in [2.24, 2.45) is 5.92 Å². The summed E-state index contributed by atoms with van der Waals surface area (Å²) in [4.78, 5) is 3.24. The summed E-state index contributed by atoms with van der Waals surface area (Å²) >= 11 is 11.4. The molecule has 1 aromatic heterocycles. The molecule has 3 rings (SSSR count). The predicted molar refractivity (Wildman–Crippen MR) is 74.2 cm³/mol. The van der Waals surface area contributed by atoms with Gasteiger partial charge < -0.3 is 9.55 Å². The Kier molecular flexibility index (Phi) is 2.75. The van der Waals surface area contributed by atoms with Crippen LogP contribution in [0, 0.1) is 10.7 Å². The Balaban J connectivity index is 2.07. The highest BCUT2D eigenvalue weighted by Crippen LogP contribution is 2.37. The van der Waals surface area contributed by atoms with Crippen molar-refractivity contribution in [1.29, 1.82) is 0 Å². The number of benzene rings is 1. The molecule has 1 N–H and O–H groups in total. The van der Waals surface area contributed by atoms with Crippen molar-refractivity contribution in [3.05, 3.63) is 28.0 Å². The fraction of sp³-hybridized carbons (Fsp3) is 0.462. The van der Waals surface area contributed by atoms with Crippen molar-refractivity contribution in [3.8, 4) is 0 Å². The molecule has 2 nitrogen and oxygen atoms in total. The van der Waals surface area contributed by atoms with Gasteiger partial charge in [-0.1, -0.05) is 24.4 Å². The van der Waals surface area contributed by atoms with Crippen LogP contribution >= 0.6 is 23.8 Å². The maximum absolute atomic E-state index is 5.99. The first kappa shape index (κ1) is 11.3. The van der Waals surface area contributed by atoms with Gasteiger partial charge in [0.1, 0.15) is 0 Å². The molecule has 1 aromatic carbocycles. The van der Waals surface area contributed by atoms with Gasteiger partial charge in [0.05, 0.1) is 11.0 Å². The number of hydrogen-bond acceptors (Lipinski definition) is 1. The Hall–Kier alpha value is -0.800. The Morgan fingerprint density at radius 3 is 3.00 bits per heavy atom. The zero-order chi connectivity index (χ0) is 12.0. The summed E-state index contributed by atoms with van der Waals surface area (Å²) in [6.45, 7) is 2.25. The summed E-state index contributed by atoms with van der Waals surface area (Å²) in [7, 11) is 0. The maximum atomic E-state index is 5.99. The van der Waals surface area contributed by atoms with Crippen LogP contribution in [-0.2, 0) is 0 Å². The van der Waals surface area contributed by atoms with E-state index in [1.165, 1.54) is 19.3 Å². The van der Waals surface area contributed by atoms with E-state index in [4.69, 9.17) is 23.8 Å². The third kappa shape index (κ3) is 2.14. The zero-order valence-corrected chi connectivity index (χ0v) is 11.3. The van der Waals surface area contributed by atoms with Crippen LogP contribution in [0.5, 0.6) is 0 Å². The van der Waals surface area contributed by atoms with E-state index < -0.39 is 0 Å². The van der Waals surface area contributed by atoms with Crippen LogP contribution < -0.4 is 0 Å². The summed E-state index contributed by atoms with van der Waals surface area (Å²) in [5.74, 6) is 0.907. The van der Waals surface area contributed by atoms with Crippen LogP contribution in [0.25, 0.3) is 11.0 Å². The maximum Gasteiger partial charge on any atom is 0.178 e. The van der Waals surface area contributed by atoms with Crippen LogP contribution in [0.4, 0.5) is 0 Å². The normalized spacial score (nSPS) is 17.5. The van der Waals surface area contributed by atoms with Gasteiger partial charge in [0.2, 0.25) is 0 Å². The molecule has 0 radical (unpaired) electrons. The fourth-order valence-electron chi connectivity index (χ4n) is 2.48. The Morgan fingerprint density at radius 2 is 2.29 bits per heavy atom. The van der Waals surface area contributed by atoms with Crippen molar-refractivity contribution in [2.45, 2.75) is 32.2 Å². The van der Waals surface area contributed by atoms with Crippen molar-refractivity contribution < 1.29 is 0 Å². The van der Waals surface area contributed by atoms with E-state index in [2.05, 4.69) is 16.5 Å². The van der Waals surface area contributed by atoms with E-state index in [0.29, 0.717) is 6.04 Å². The molecule has 1 saturated carbocycles. The lowest BCUT2D eigenvalue weighted by Crippen LogP contribution is -2.05. The first-order valence-corrected chi connectivity index (χ1v) is 6.83. The van der Waals surface area contributed by atoms with E-state index >= 15 is 0 Å². The molecule has 1 atom stereocenters. The Labute approximate surface area is 111 Å². The quantitative estimate of drug-likeness (QED) is 0.798. The largest absolute Gasteiger partial charge is 0.331 e. The highest BCUT2D eigenvalue weighted by Gasteiger charge is 2.25. The Bertz CT molecular complexity index is 609. The summed E-state index contributed by atoms with van der Waals surface area (Å²) in [6.07, 6.45) is 3.99. The SMILES string of the molecule is CC(CC1CC1)n1c(=S)[nH]c2cc(Cl)ccc21. The number of imidazole rings is 1. The summed E-state index contributed by atoms with van der Waals surface area (Å²) in [5, 5.41) is 0.746. The summed E-state index contributed by atoms with van der Waals surface area (Å²) in [5.41, 5.74) is 2.19. The lowest BCUT2D eigenvalue weighted by molar-refractivity contribution is 0.483. The van der Waals surface area contributed by atoms with Crippen molar-refractivity contribution in [2.75, 3.05) is 0 Å². The summed E-state index contributed by atoms with van der Waals surface area (Å²) < 4.78 is 3.02. The highest BCUT2D eigenvalue weighted by atomic mass is 35.5. The molecular weight excluding hydrogens is 252 g/mol. The van der Waals surface area contributed by atoms with Crippen LogP contribution in [0.1, 0.15) is 32.2 Å². The molecule has 0 spiro atoms. The second-order valence-corrected chi connectivity index (χ2v) is 5.81. The molecule has 1 heterocycles. The monoisotopic (exact) mass is 266 g/mol. The number of nitrogens with zero attached hydrogens (tertiary/aromatic N) is 1. The standard InChI is InChI=1S/C13H15ClN2S/c1-8(6-9-2-3-9)16-12-5-4-10(14)7-11(12)15-13(16)17/h4-5,7-9H,2-3,6H2,1H3,(H,15,17). The second kappa shape index (κ2) is 4.14. The molecule has 4 heteroatoms. The Morgan fingerprint density at radius 1 is 1.53 bits per heavy atom. The average molecular weight is 267 g/mol. The molecule has 1 aliphatic rings. The van der Waals surface area contributed by atoms with Gasteiger partial charge in [-0.2, -0.15) is 0 Å². The van der Waals surface area contributed by atoms with Crippen LogP contribution in [0.2, 0.25) is 5.02 Å². The third-order valence-corrected chi connectivity index (χ3v) is 4.02. The van der Waals surface area contributed by atoms with Gasteiger partial charge in [0.15, 0.2) is 4.77 Å². The van der Waals surface area contributed by atoms with E-state index in [1.807, 2.05) is 18.2 Å². The molecule has 0 aliphatic heterocycles. The predicted octanol–water partition coefficient (Wildman–Crippen LogP) is 4.71. The molecule has 0 bridgehead atoms. The number of H-pyrrole nitrogens is 1. The lowest BCUT2D eigenvalue weighted by atomic mass is 10.1. The van der Waals surface area contributed by atoms with E-state index in [9.17, 15) is 0 Å². The molecule has 1 aliphatic carbocycles. The average Bonchev–Trinajstić information content (AvgIpc) is 2.99. The lowest BCUT2D eigenvalue weighted by Gasteiger charge is -2.13. The van der Waals surface area contributed by atoms with Gasteiger partial charge >= 0.3 is 0 Å². The molecule has 0 amide bonds. The molecule has 0 saturated heterocycles. The topological polar surface area (TPSA) is 20.7 Å². The fourth-order valence-corrected chi connectivity index (χ4v) is 3.04. The number of nitrogens with one attached hydrogen (secondary N) is 1. The highest BCUT2D eigenvalue weighted by molar-refractivity contribution is 7.71. The van der Waals surface area contributed by atoms with Gasteiger partial charge in [-0.15, -0.1) is 0 Å². The molecular formula is C13H15ClN2S. The number of aromatic nitrogens is 2. The first-order chi connectivity index (χ1) is 8.15. The first-order valence-electron chi connectivity index (χ1n) is 6.05. The molecule has 1 unspecified atom stereocenters. The van der Waals surface area contributed by atoms with Gasteiger partial charge in [0, 0.05) is 11.1 Å². The van der Waals surface area contributed by atoms with Crippen LogP contribution in [-0.4, -0.2) is 9.55 Å². The summed E-state index contributed by atoms with van der Waals surface area (Å²) in [6, 6.07) is 6.37. The van der Waals surface area contributed by atoms with Crippen LogP contribution in [0.3, 0.4) is 0 Å². The second-order valence-electron chi connectivity index (χ2n) is 4.99. The van der Waals surface area contributed by atoms with Crippen LogP contribution in [0.15, 0.2) is 18.2 Å². The smallest absolute Gasteiger partial charge is 0.178 e. The van der Waals surface area contributed by atoms with Gasteiger partial charge in [0.25, 0.3) is 0 Å². The van der Waals surface area contributed by atoms with E-state index in [0.717, 1.165) is 26.7 Å². The minimum Gasteiger partial charge on any atom is -0.331 e. The number of aromatic amines is 1. The van der Waals surface area contributed by atoms with Gasteiger partial charge in [-0.05, 0) is 49.7 Å². The number of hydrogen-bond donors (Lipinski definition) is 1. The van der Waals surface area contributed by atoms with Crippen molar-refractivity contribution >= 4 is 34.9 Å². The molecule has 2 aromatic rings. The van der Waals surface area contributed by atoms with Gasteiger partial charge in [-0.3, -0.25) is 0 Å². The molecule has 1 fully saturated rings. The minimum absolute atomic E-state index is 0.463. The molecule has 90 valence electrons. The van der Waals surface area contributed by atoms with E-state index in [-0.39, 0.29) is 0 Å². The zero-order valence-electron chi connectivity index (χ0n) is 9.74. The number of fused-ring (bicyclic) bond motifs is 1. The van der Waals surface area contributed by atoms with Gasteiger partial charge in [-0.25, -0.2) is 0 Å². The third-order valence-electron chi connectivity index (χ3n) is 3.49. The number of halogens is 1. The van der Waals surface area contributed by atoms with Crippen molar-refractivity contribution in [1.82, 2.24) is 9.55 Å².